The number of hydrogen-bond donors (Lipinski definition) is 0. The predicted molar refractivity (Wildman–Crippen MR) is 95.6 cm³/mol. The number of carbonyl (C=O) groups is 1. The number of hydrogen-bond acceptors (Lipinski definition) is 4. The molecule has 3 rings (SSSR count). The van der Waals surface area contributed by atoms with Crippen molar-refractivity contribution in [1.29, 1.82) is 0 Å². The van der Waals surface area contributed by atoms with Crippen LogP contribution in [0.15, 0.2) is 31.1 Å². The van der Waals surface area contributed by atoms with Gasteiger partial charge in [-0.25, -0.2) is 9.97 Å². The molecule has 0 saturated heterocycles. The van der Waals surface area contributed by atoms with Crippen LogP contribution in [0.4, 0.5) is 0 Å². The molecule has 0 radical (unpaired) electrons. The molecule has 0 amide bonds. The Bertz CT molecular complexity index is 923. The van der Waals surface area contributed by atoms with E-state index in [0.29, 0.717) is 0 Å². The number of aromatic nitrogens is 4. The largest absolute Gasteiger partial charge is 0.301 e. The zero-order valence-corrected chi connectivity index (χ0v) is 14.2. The number of allylic oxidation sites excluding steroid dienone is 1. The third-order valence-corrected chi connectivity index (χ3v) is 4.07. The van der Waals surface area contributed by atoms with Crippen molar-refractivity contribution in [3.8, 4) is 11.1 Å². The van der Waals surface area contributed by atoms with Gasteiger partial charge in [0.25, 0.3) is 0 Å². The van der Waals surface area contributed by atoms with Crippen molar-refractivity contribution in [3.05, 3.63) is 48.2 Å². The summed E-state index contributed by atoms with van der Waals surface area (Å²) in [6.45, 7) is 10.2. The third-order valence-electron chi connectivity index (χ3n) is 4.07. The van der Waals surface area contributed by atoms with E-state index in [9.17, 15) is 4.79 Å². The highest BCUT2D eigenvalue weighted by molar-refractivity contribution is 5.95. The number of rotatable bonds is 5. The lowest BCUT2D eigenvalue weighted by Gasteiger charge is -2.08. The summed E-state index contributed by atoms with van der Waals surface area (Å²) in [7, 11) is 0. The quantitative estimate of drug-likeness (QED) is 0.674. The lowest BCUT2D eigenvalue weighted by atomic mass is 9.98. The van der Waals surface area contributed by atoms with E-state index in [1.165, 1.54) is 0 Å². The van der Waals surface area contributed by atoms with Crippen LogP contribution in [0.25, 0.3) is 27.6 Å². The van der Waals surface area contributed by atoms with Gasteiger partial charge in [0, 0.05) is 23.3 Å². The van der Waals surface area contributed by atoms with Crippen LogP contribution in [0.5, 0.6) is 0 Å². The Hall–Kier alpha value is -2.82. The maximum absolute atomic E-state index is 11.0. The highest BCUT2D eigenvalue weighted by atomic mass is 16.1. The Labute approximate surface area is 141 Å². The molecule has 0 spiro atoms. The van der Waals surface area contributed by atoms with Crippen LogP contribution in [0, 0.1) is 6.92 Å². The zero-order chi connectivity index (χ0) is 17.3. The van der Waals surface area contributed by atoms with E-state index < -0.39 is 0 Å². The highest BCUT2D eigenvalue weighted by Crippen LogP contribution is 2.32. The summed E-state index contributed by atoms with van der Waals surface area (Å²) < 4.78 is 1.76. The van der Waals surface area contributed by atoms with E-state index in [1.807, 2.05) is 26.2 Å². The molecule has 0 N–H and O–H groups in total. The molecular formula is C19H20N4O. The average Bonchev–Trinajstić information content (AvgIpc) is 2.94. The van der Waals surface area contributed by atoms with Crippen LogP contribution >= 0.6 is 0 Å². The molecule has 0 bridgehead atoms. The lowest BCUT2D eigenvalue weighted by Crippen LogP contribution is -2.03. The zero-order valence-electron chi connectivity index (χ0n) is 14.2. The first-order chi connectivity index (χ1) is 11.5. The molecule has 122 valence electrons. The van der Waals surface area contributed by atoms with Gasteiger partial charge in [-0.15, -0.1) is 0 Å². The van der Waals surface area contributed by atoms with Gasteiger partial charge in [-0.1, -0.05) is 13.5 Å². The molecule has 0 fully saturated rings. The van der Waals surface area contributed by atoms with E-state index in [4.69, 9.17) is 0 Å². The average molecular weight is 320 g/mol. The summed E-state index contributed by atoms with van der Waals surface area (Å²) in [5.41, 5.74) is 5.87. The maximum Gasteiger partial charge on any atom is 0.141 e. The fourth-order valence-electron chi connectivity index (χ4n) is 2.90. The second-order valence-electron chi connectivity index (χ2n) is 5.88. The van der Waals surface area contributed by atoms with Gasteiger partial charge < -0.3 is 4.79 Å². The molecule has 24 heavy (non-hydrogen) atoms. The minimum atomic E-state index is 0.240. The fraction of sp³-hybridized carbons (Fsp3) is 0.263. The SMILES string of the molecule is C=C(C)c1nn(CC=O)c2c(CC)cc(-c3cnc(C)nc3)cc12. The Morgan fingerprint density at radius 1 is 1.25 bits per heavy atom. The predicted octanol–water partition coefficient (Wildman–Crippen LogP) is 3.60. The summed E-state index contributed by atoms with van der Waals surface area (Å²) in [4.78, 5) is 19.6. The molecule has 0 aliphatic carbocycles. The van der Waals surface area contributed by atoms with E-state index >= 15 is 0 Å². The van der Waals surface area contributed by atoms with Gasteiger partial charge in [-0.3, -0.25) is 4.68 Å². The van der Waals surface area contributed by atoms with E-state index in [0.717, 1.165) is 57.4 Å². The van der Waals surface area contributed by atoms with Gasteiger partial charge in [0.05, 0.1) is 17.8 Å². The molecule has 0 saturated carbocycles. The molecular weight excluding hydrogens is 300 g/mol. The first-order valence-corrected chi connectivity index (χ1v) is 7.97. The molecule has 5 heteroatoms. The Balaban J connectivity index is 2.31. The molecule has 2 heterocycles. The number of nitrogens with zero attached hydrogens (tertiary/aromatic N) is 4. The normalized spacial score (nSPS) is 11.0. The molecule has 3 aromatic rings. The van der Waals surface area contributed by atoms with Crippen molar-refractivity contribution in [1.82, 2.24) is 19.7 Å². The van der Waals surface area contributed by atoms with E-state index in [1.54, 1.807) is 4.68 Å². The van der Waals surface area contributed by atoms with Gasteiger partial charge in [-0.05, 0) is 49.1 Å². The Morgan fingerprint density at radius 3 is 2.54 bits per heavy atom. The lowest BCUT2D eigenvalue weighted by molar-refractivity contribution is -0.108. The summed E-state index contributed by atoms with van der Waals surface area (Å²) in [6, 6.07) is 4.21. The maximum atomic E-state index is 11.0. The van der Waals surface area contributed by atoms with Gasteiger partial charge in [0.15, 0.2) is 0 Å². The van der Waals surface area contributed by atoms with E-state index in [-0.39, 0.29) is 6.54 Å². The Morgan fingerprint density at radius 2 is 1.96 bits per heavy atom. The molecule has 0 atom stereocenters. The first-order valence-electron chi connectivity index (χ1n) is 7.97. The van der Waals surface area contributed by atoms with Crippen molar-refractivity contribution in [3.63, 3.8) is 0 Å². The fourth-order valence-corrected chi connectivity index (χ4v) is 2.90. The van der Waals surface area contributed by atoms with Crippen molar-refractivity contribution in [2.75, 3.05) is 0 Å². The summed E-state index contributed by atoms with van der Waals surface area (Å²) in [6.07, 6.45) is 5.38. The summed E-state index contributed by atoms with van der Waals surface area (Å²) >= 11 is 0. The minimum absolute atomic E-state index is 0.240. The minimum Gasteiger partial charge on any atom is -0.301 e. The standard InChI is InChI=1S/C19H20N4O/c1-5-14-8-15(16-10-20-13(4)21-11-16)9-17-18(12(2)3)22-23(6-7-24)19(14)17/h7-11H,2,5-6H2,1,3-4H3. The molecule has 0 unspecified atom stereocenters. The third kappa shape index (κ3) is 2.73. The summed E-state index contributed by atoms with van der Waals surface area (Å²) in [5.74, 6) is 0.747. The molecule has 0 aliphatic rings. The smallest absolute Gasteiger partial charge is 0.141 e. The number of carbonyl (C=O) groups excluding carboxylic acids is 1. The summed E-state index contributed by atoms with van der Waals surface area (Å²) in [5, 5.41) is 5.60. The van der Waals surface area contributed by atoms with Crippen LogP contribution in [0.2, 0.25) is 0 Å². The van der Waals surface area contributed by atoms with E-state index in [2.05, 4.69) is 40.7 Å². The van der Waals surface area contributed by atoms with Crippen molar-refractivity contribution in [2.45, 2.75) is 33.7 Å². The van der Waals surface area contributed by atoms with Crippen LogP contribution in [0.3, 0.4) is 0 Å². The second-order valence-corrected chi connectivity index (χ2v) is 5.88. The van der Waals surface area contributed by atoms with Gasteiger partial charge >= 0.3 is 0 Å². The number of aldehydes is 1. The number of benzene rings is 1. The van der Waals surface area contributed by atoms with Crippen molar-refractivity contribution >= 4 is 22.8 Å². The highest BCUT2D eigenvalue weighted by Gasteiger charge is 2.16. The number of aryl methyl sites for hydroxylation is 2. The molecule has 2 aromatic heterocycles. The Kier molecular flexibility index (Phi) is 4.25. The van der Waals surface area contributed by atoms with Crippen LogP contribution in [-0.4, -0.2) is 26.0 Å². The van der Waals surface area contributed by atoms with Gasteiger partial charge in [-0.2, -0.15) is 5.10 Å². The monoisotopic (exact) mass is 320 g/mol. The molecule has 5 nitrogen and oxygen atoms in total. The molecule has 0 aliphatic heterocycles. The van der Waals surface area contributed by atoms with Crippen molar-refractivity contribution < 1.29 is 4.79 Å². The molecule has 1 aromatic carbocycles. The number of fused-ring (bicyclic) bond motifs is 1. The first kappa shape index (κ1) is 16.1. The van der Waals surface area contributed by atoms with Crippen LogP contribution in [0.1, 0.15) is 30.9 Å². The van der Waals surface area contributed by atoms with Crippen molar-refractivity contribution in [2.24, 2.45) is 0 Å². The van der Waals surface area contributed by atoms with Gasteiger partial charge in [0.2, 0.25) is 0 Å². The van der Waals surface area contributed by atoms with Crippen LogP contribution in [-0.2, 0) is 17.8 Å². The second kappa shape index (κ2) is 6.35. The topological polar surface area (TPSA) is 60.7 Å². The van der Waals surface area contributed by atoms with Gasteiger partial charge in [0.1, 0.15) is 12.1 Å². The van der Waals surface area contributed by atoms with Crippen LogP contribution < -0.4 is 0 Å².